The fraction of sp³-hybridized carbons (Fsp3) is 0.0714. The summed E-state index contributed by atoms with van der Waals surface area (Å²) < 4.78 is 38.5. The third-order valence-electron chi connectivity index (χ3n) is 3.14. The van der Waals surface area contributed by atoms with Crippen molar-refractivity contribution in [1.82, 2.24) is 0 Å². The van der Waals surface area contributed by atoms with E-state index in [0.29, 0.717) is 0 Å². The van der Waals surface area contributed by atoms with E-state index in [9.17, 15) is 38.2 Å². The fourth-order valence-electron chi connectivity index (χ4n) is 2.01. The van der Waals surface area contributed by atoms with Gasteiger partial charge in [0.25, 0.3) is 5.91 Å². The number of alkyl halides is 3. The minimum absolute atomic E-state index is 0.0963. The molecule has 1 N–H and O–H groups in total. The van der Waals surface area contributed by atoms with Crippen LogP contribution < -0.4 is 5.32 Å². The molecule has 12 heteroatoms. The number of rotatable bonds is 4. The van der Waals surface area contributed by atoms with Crippen molar-refractivity contribution in [2.24, 2.45) is 0 Å². The van der Waals surface area contributed by atoms with Gasteiger partial charge >= 0.3 is 17.6 Å². The Labute approximate surface area is 147 Å². The summed E-state index contributed by atoms with van der Waals surface area (Å²) in [6, 6.07) is 5.48. The van der Waals surface area contributed by atoms with Crippen LogP contribution in [0.15, 0.2) is 36.4 Å². The highest BCUT2D eigenvalue weighted by Gasteiger charge is 2.38. The molecule has 0 radical (unpaired) electrons. The van der Waals surface area contributed by atoms with Crippen molar-refractivity contribution >= 4 is 34.6 Å². The largest absolute Gasteiger partial charge is 0.416 e. The molecule has 8 nitrogen and oxygen atoms in total. The van der Waals surface area contributed by atoms with Crippen LogP contribution in [0.5, 0.6) is 0 Å². The van der Waals surface area contributed by atoms with Crippen molar-refractivity contribution in [2.45, 2.75) is 6.18 Å². The third kappa shape index (κ3) is 4.06. The Balaban J connectivity index is 2.61. The molecule has 0 aromatic heterocycles. The Bertz CT molecular complexity index is 882. The maximum absolute atomic E-state index is 12.8. The van der Waals surface area contributed by atoms with Crippen LogP contribution in [0.25, 0.3) is 0 Å². The Morgan fingerprint density at radius 2 is 1.58 bits per heavy atom. The van der Waals surface area contributed by atoms with E-state index in [2.05, 4.69) is 0 Å². The molecule has 1 amide bonds. The van der Waals surface area contributed by atoms with Crippen molar-refractivity contribution in [3.05, 3.63) is 72.8 Å². The first-order chi connectivity index (χ1) is 12.0. The number of nitro benzene ring substituents is 2. The predicted molar refractivity (Wildman–Crippen MR) is 84.2 cm³/mol. The summed E-state index contributed by atoms with van der Waals surface area (Å²) in [7, 11) is 0. The molecule has 0 heterocycles. The molecule has 2 aromatic carbocycles. The number of carbonyl (C=O) groups is 1. The van der Waals surface area contributed by atoms with Gasteiger partial charge in [0.2, 0.25) is 0 Å². The van der Waals surface area contributed by atoms with Crippen LogP contribution >= 0.6 is 11.6 Å². The number of amides is 1. The van der Waals surface area contributed by atoms with Crippen molar-refractivity contribution < 1.29 is 27.8 Å². The van der Waals surface area contributed by atoms with Gasteiger partial charge in [0, 0.05) is 22.7 Å². The molecular formula is C14H7ClF3N3O5. The molecule has 0 unspecified atom stereocenters. The fourth-order valence-corrected chi connectivity index (χ4v) is 2.20. The van der Waals surface area contributed by atoms with E-state index >= 15 is 0 Å². The van der Waals surface area contributed by atoms with Crippen LogP contribution in [0.2, 0.25) is 5.02 Å². The number of anilines is 1. The summed E-state index contributed by atoms with van der Waals surface area (Å²) in [5.41, 5.74) is -5.17. The van der Waals surface area contributed by atoms with E-state index < -0.39 is 44.6 Å². The number of hydrogen-bond acceptors (Lipinski definition) is 5. The van der Waals surface area contributed by atoms with Gasteiger partial charge in [-0.15, -0.1) is 0 Å². The van der Waals surface area contributed by atoms with E-state index in [0.717, 1.165) is 0 Å². The van der Waals surface area contributed by atoms with E-state index in [4.69, 9.17) is 11.6 Å². The number of carbonyl (C=O) groups excluding carboxylic acids is 1. The Kier molecular flexibility index (Phi) is 5.12. The van der Waals surface area contributed by atoms with E-state index in [1.165, 1.54) is 24.3 Å². The highest BCUT2D eigenvalue weighted by Crippen LogP contribution is 2.41. The van der Waals surface area contributed by atoms with E-state index in [1.54, 1.807) is 0 Å². The lowest BCUT2D eigenvalue weighted by Gasteiger charge is -2.11. The lowest BCUT2D eigenvalue weighted by atomic mass is 10.1. The van der Waals surface area contributed by atoms with Gasteiger partial charge in [0.1, 0.15) is 0 Å². The first kappa shape index (κ1) is 19.1. The number of nitro groups is 2. The minimum atomic E-state index is -5.05. The molecule has 0 atom stereocenters. The molecule has 0 spiro atoms. The zero-order valence-corrected chi connectivity index (χ0v) is 13.2. The van der Waals surface area contributed by atoms with Gasteiger partial charge in [-0.25, -0.2) is 0 Å². The average Bonchev–Trinajstić information content (AvgIpc) is 2.53. The van der Waals surface area contributed by atoms with Gasteiger partial charge in [0.15, 0.2) is 5.69 Å². The highest BCUT2D eigenvalue weighted by molar-refractivity contribution is 6.31. The SMILES string of the molecule is O=C(Nc1c([N+](=O)[O-])cc(C(F)(F)F)cc1[N+](=O)[O-])c1cccc(Cl)c1. The first-order valence-corrected chi connectivity index (χ1v) is 6.99. The van der Waals surface area contributed by atoms with Crippen molar-refractivity contribution in [3.8, 4) is 0 Å². The smallest absolute Gasteiger partial charge is 0.311 e. The lowest BCUT2D eigenvalue weighted by molar-refractivity contribution is -0.392. The van der Waals surface area contributed by atoms with Gasteiger partial charge in [-0.05, 0) is 18.2 Å². The van der Waals surface area contributed by atoms with Crippen LogP contribution in [-0.2, 0) is 6.18 Å². The van der Waals surface area contributed by atoms with E-state index in [1.807, 2.05) is 5.32 Å². The Hall–Kier alpha value is -3.21. The quantitative estimate of drug-likeness (QED) is 0.613. The minimum Gasteiger partial charge on any atom is -0.311 e. The maximum Gasteiger partial charge on any atom is 0.416 e. The topological polar surface area (TPSA) is 115 Å². The van der Waals surface area contributed by atoms with Gasteiger partial charge in [0.05, 0.1) is 15.4 Å². The maximum atomic E-state index is 12.8. The van der Waals surface area contributed by atoms with Crippen molar-refractivity contribution in [2.75, 3.05) is 5.32 Å². The van der Waals surface area contributed by atoms with Crippen LogP contribution in [0.1, 0.15) is 15.9 Å². The van der Waals surface area contributed by atoms with Gasteiger partial charge in [-0.1, -0.05) is 17.7 Å². The van der Waals surface area contributed by atoms with Crippen LogP contribution in [0.3, 0.4) is 0 Å². The molecule has 2 aromatic rings. The molecule has 136 valence electrons. The molecule has 0 bridgehead atoms. The lowest BCUT2D eigenvalue weighted by Crippen LogP contribution is -2.16. The van der Waals surface area contributed by atoms with Crippen LogP contribution in [0, 0.1) is 20.2 Å². The number of hydrogen-bond donors (Lipinski definition) is 1. The highest BCUT2D eigenvalue weighted by atomic mass is 35.5. The molecule has 0 aliphatic rings. The Morgan fingerprint density at radius 3 is 2.00 bits per heavy atom. The molecule has 0 saturated carbocycles. The number of nitrogens with one attached hydrogen (secondary N) is 1. The molecule has 0 saturated heterocycles. The molecule has 2 rings (SSSR count). The summed E-state index contributed by atoms with van der Waals surface area (Å²) in [4.78, 5) is 31.8. The van der Waals surface area contributed by atoms with Gasteiger partial charge < -0.3 is 5.32 Å². The first-order valence-electron chi connectivity index (χ1n) is 6.61. The van der Waals surface area contributed by atoms with Crippen molar-refractivity contribution in [1.29, 1.82) is 0 Å². The van der Waals surface area contributed by atoms with E-state index in [-0.39, 0.29) is 22.7 Å². The van der Waals surface area contributed by atoms with Crippen LogP contribution in [0.4, 0.5) is 30.2 Å². The van der Waals surface area contributed by atoms with Gasteiger partial charge in [-0.2, -0.15) is 13.2 Å². The average molecular weight is 390 g/mol. The summed E-state index contributed by atoms with van der Waals surface area (Å²) >= 11 is 5.70. The second-order valence-electron chi connectivity index (χ2n) is 4.87. The van der Waals surface area contributed by atoms with Gasteiger partial charge in [-0.3, -0.25) is 25.0 Å². The number of nitrogens with zero attached hydrogens (tertiary/aromatic N) is 2. The number of halogens is 4. The summed E-state index contributed by atoms with van der Waals surface area (Å²) in [6.45, 7) is 0. The standard InChI is InChI=1S/C14H7ClF3N3O5/c15-9-3-1-2-7(4-9)13(22)19-12-10(20(23)24)5-8(14(16,17)18)6-11(12)21(25)26/h1-6H,(H,19,22). The molecule has 0 aliphatic carbocycles. The monoisotopic (exact) mass is 389 g/mol. The molecular weight excluding hydrogens is 383 g/mol. The second kappa shape index (κ2) is 6.96. The number of benzene rings is 2. The Morgan fingerprint density at radius 1 is 1.04 bits per heavy atom. The molecule has 0 aliphatic heterocycles. The van der Waals surface area contributed by atoms with Crippen LogP contribution in [-0.4, -0.2) is 15.8 Å². The summed E-state index contributed by atoms with van der Waals surface area (Å²) in [5, 5.41) is 24.2. The predicted octanol–water partition coefficient (Wildman–Crippen LogP) is 4.43. The molecule has 26 heavy (non-hydrogen) atoms. The zero-order chi connectivity index (χ0) is 19.6. The normalized spacial score (nSPS) is 11.1. The zero-order valence-electron chi connectivity index (χ0n) is 12.4. The molecule has 0 fully saturated rings. The third-order valence-corrected chi connectivity index (χ3v) is 3.38. The van der Waals surface area contributed by atoms with Crippen molar-refractivity contribution in [3.63, 3.8) is 0 Å². The summed E-state index contributed by atoms with van der Waals surface area (Å²) in [6.07, 6.45) is -5.05. The second-order valence-corrected chi connectivity index (χ2v) is 5.30. The summed E-state index contributed by atoms with van der Waals surface area (Å²) in [5.74, 6) is -1.02.